The van der Waals surface area contributed by atoms with Crippen molar-refractivity contribution in [2.24, 2.45) is 0 Å². The van der Waals surface area contributed by atoms with Crippen LogP contribution in [0.2, 0.25) is 0 Å². The minimum absolute atomic E-state index is 0.647. The summed E-state index contributed by atoms with van der Waals surface area (Å²) in [6.45, 7) is 0.866. The fourth-order valence-electron chi connectivity index (χ4n) is 4.83. The number of nitrogen functional groups attached to an aromatic ring is 1. The molecule has 0 unspecified atom stereocenters. The zero-order valence-corrected chi connectivity index (χ0v) is 18.2. The highest BCUT2D eigenvalue weighted by Gasteiger charge is 2.22. The maximum Gasteiger partial charge on any atom is 0.137 e. The SMILES string of the molecule is CN(Cc1c(-c2ccc(-c3ccccc3)cc2)nc2ccc(N)cn12)C1CCCCC1. The first kappa shape index (κ1) is 19.8. The number of anilines is 1. The zero-order valence-electron chi connectivity index (χ0n) is 18.2. The first-order chi connectivity index (χ1) is 15.2. The molecule has 4 heteroatoms. The molecule has 2 aromatic heterocycles. The van der Waals surface area contributed by atoms with Crippen molar-refractivity contribution in [2.75, 3.05) is 12.8 Å². The molecule has 5 rings (SSSR count). The Bertz CT molecular complexity index is 1160. The average molecular weight is 411 g/mol. The molecule has 158 valence electrons. The summed E-state index contributed by atoms with van der Waals surface area (Å²) in [4.78, 5) is 7.51. The predicted molar refractivity (Wildman–Crippen MR) is 129 cm³/mol. The molecule has 1 aliphatic rings. The number of aromatic nitrogens is 2. The summed E-state index contributed by atoms with van der Waals surface area (Å²) in [5.74, 6) is 0. The third-order valence-corrected chi connectivity index (χ3v) is 6.60. The minimum Gasteiger partial charge on any atom is -0.398 e. The summed E-state index contributed by atoms with van der Waals surface area (Å²) in [6.07, 6.45) is 8.63. The topological polar surface area (TPSA) is 46.6 Å². The van der Waals surface area contributed by atoms with Crippen molar-refractivity contribution < 1.29 is 0 Å². The number of nitrogens with two attached hydrogens (primary N) is 1. The van der Waals surface area contributed by atoms with Crippen LogP contribution in [-0.4, -0.2) is 27.4 Å². The van der Waals surface area contributed by atoms with Crippen molar-refractivity contribution in [3.05, 3.63) is 78.6 Å². The van der Waals surface area contributed by atoms with E-state index in [1.165, 1.54) is 48.9 Å². The molecule has 0 bridgehead atoms. The van der Waals surface area contributed by atoms with Crippen LogP contribution < -0.4 is 5.73 Å². The van der Waals surface area contributed by atoms with E-state index in [9.17, 15) is 0 Å². The van der Waals surface area contributed by atoms with Crippen LogP contribution in [0.4, 0.5) is 5.69 Å². The molecule has 4 nitrogen and oxygen atoms in total. The Morgan fingerprint density at radius 1 is 0.871 bits per heavy atom. The Balaban J connectivity index is 1.52. The molecule has 2 N–H and O–H groups in total. The van der Waals surface area contributed by atoms with E-state index in [0.717, 1.165) is 29.1 Å². The van der Waals surface area contributed by atoms with Crippen LogP contribution in [0.25, 0.3) is 28.0 Å². The van der Waals surface area contributed by atoms with Crippen molar-refractivity contribution in [3.8, 4) is 22.4 Å². The summed E-state index contributed by atoms with van der Waals surface area (Å²) in [5, 5.41) is 0. The van der Waals surface area contributed by atoms with E-state index in [4.69, 9.17) is 10.7 Å². The highest BCUT2D eigenvalue weighted by Crippen LogP contribution is 2.30. The van der Waals surface area contributed by atoms with E-state index >= 15 is 0 Å². The molecule has 2 aromatic carbocycles. The fourth-order valence-corrected chi connectivity index (χ4v) is 4.83. The largest absolute Gasteiger partial charge is 0.398 e. The van der Waals surface area contributed by atoms with Gasteiger partial charge in [-0.1, -0.05) is 73.9 Å². The molecule has 4 aromatic rings. The van der Waals surface area contributed by atoms with Gasteiger partial charge in [-0.25, -0.2) is 4.98 Å². The molecule has 1 saturated carbocycles. The van der Waals surface area contributed by atoms with Crippen LogP contribution in [0.5, 0.6) is 0 Å². The Labute approximate surface area is 184 Å². The molecule has 0 spiro atoms. The molecule has 1 aliphatic carbocycles. The smallest absolute Gasteiger partial charge is 0.137 e. The number of imidazole rings is 1. The van der Waals surface area contributed by atoms with E-state index in [0.29, 0.717) is 6.04 Å². The van der Waals surface area contributed by atoms with Crippen LogP contribution in [0.3, 0.4) is 0 Å². The maximum atomic E-state index is 6.14. The second-order valence-corrected chi connectivity index (χ2v) is 8.75. The molecule has 2 heterocycles. The van der Waals surface area contributed by atoms with Crippen molar-refractivity contribution in [2.45, 2.75) is 44.7 Å². The summed E-state index contributed by atoms with van der Waals surface area (Å²) in [7, 11) is 2.25. The summed E-state index contributed by atoms with van der Waals surface area (Å²) < 4.78 is 2.18. The van der Waals surface area contributed by atoms with Crippen LogP contribution in [0.1, 0.15) is 37.8 Å². The minimum atomic E-state index is 0.647. The quantitative estimate of drug-likeness (QED) is 0.438. The Morgan fingerprint density at radius 3 is 2.29 bits per heavy atom. The van der Waals surface area contributed by atoms with Gasteiger partial charge in [-0.05, 0) is 43.1 Å². The van der Waals surface area contributed by atoms with E-state index in [1.54, 1.807) is 0 Å². The van der Waals surface area contributed by atoms with Crippen LogP contribution >= 0.6 is 0 Å². The van der Waals surface area contributed by atoms with Crippen LogP contribution in [-0.2, 0) is 6.54 Å². The normalized spacial score (nSPS) is 15.0. The maximum absolute atomic E-state index is 6.14. The van der Waals surface area contributed by atoms with E-state index in [-0.39, 0.29) is 0 Å². The second kappa shape index (κ2) is 8.56. The molecule has 0 atom stereocenters. The number of benzene rings is 2. The lowest BCUT2D eigenvalue weighted by Crippen LogP contribution is -2.33. The van der Waals surface area contributed by atoms with Gasteiger partial charge < -0.3 is 10.1 Å². The molecular formula is C27H30N4. The van der Waals surface area contributed by atoms with Gasteiger partial charge in [0.15, 0.2) is 0 Å². The first-order valence-electron chi connectivity index (χ1n) is 11.3. The van der Waals surface area contributed by atoms with E-state index in [2.05, 4.69) is 70.9 Å². The van der Waals surface area contributed by atoms with Crippen LogP contribution in [0.15, 0.2) is 72.9 Å². The van der Waals surface area contributed by atoms with E-state index in [1.807, 2.05) is 18.3 Å². The van der Waals surface area contributed by atoms with Gasteiger partial charge >= 0.3 is 0 Å². The van der Waals surface area contributed by atoms with Crippen molar-refractivity contribution >= 4 is 11.3 Å². The first-order valence-corrected chi connectivity index (χ1v) is 11.3. The Kier molecular flexibility index (Phi) is 5.47. The third-order valence-electron chi connectivity index (χ3n) is 6.60. The second-order valence-electron chi connectivity index (χ2n) is 8.75. The standard InChI is InChI=1S/C27H30N4/c1-30(24-10-6-3-7-11-24)19-25-27(29-26-17-16-23(28)18-31(25)26)22-14-12-21(13-15-22)20-8-4-2-5-9-20/h2,4-5,8-9,12-18,24H,3,6-7,10-11,19,28H2,1H3. The number of hydrogen-bond donors (Lipinski definition) is 1. The number of hydrogen-bond acceptors (Lipinski definition) is 3. The molecule has 0 amide bonds. The molecule has 0 aliphatic heterocycles. The number of fused-ring (bicyclic) bond motifs is 1. The average Bonchev–Trinajstić information content (AvgIpc) is 3.17. The van der Waals surface area contributed by atoms with Gasteiger partial charge in [0.25, 0.3) is 0 Å². The fraction of sp³-hybridized carbons (Fsp3) is 0.296. The van der Waals surface area contributed by atoms with Crippen molar-refractivity contribution in [3.63, 3.8) is 0 Å². The molecule has 0 radical (unpaired) electrons. The lowest BCUT2D eigenvalue weighted by atomic mass is 9.94. The highest BCUT2D eigenvalue weighted by atomic mass is 15.2. The Hall–Kier alpha value is -3.11. The number of pyridine rings is 1. The molecular weight excluding hydrogens is 380 g/mol. The van der Waals surface area contributed by atoms with Gasteiger partial charge in [-0.3, -0.25) is 4.90 Å². The lowest BCUT2D eigenvalue weighted by molar-refractivity contribution is 0.182. The van der Waals surface area contributed by atoms with Crippen molar-refractivity contribution in [1.82, 2.24) is 14.3 Å². The van der Waals surface area contributed by atoms with Gasteiger partial charge in [-0.15, -0.1) is 0 Å². The Morgan fingerprint density at radius 2 is 1.55 bits per heavy atom. The number of nitrogens with zero attached hydrogens (tertiary/aromatic N) is 3. The number of rotatable bonds is 5. The van der Waals surface area contributed by atoms with Gasteiger partial charge in [0, 0.05) is 30.0 Å². The lowest BCUT2D eigenvalue weighted by Gasteiger charge is -2.31. The summed E-state index contributed by atoms with van der Waals surface area (Å²) in [6, 6.07) is 23.9. The predicted octanol–water partition coefficient (Wildman–Crippen LogP) is 6.02. The summed E-state index contributed by atoms with van der Waals surface area (Å²) >= 11 is 0. The highest BCUT2D eigenvalue weighted by molar-refractivity contribution is 5.72. The summed E-state index contributed by atoms with van der Waals surface area (Å²) in [5.41, 5.74) is 13.7. The van der Waals surface area contributed by atoms with Gasteiger partial charge in [0.2, 0.25) is 0 Å². The molecule has 1 fully saturated rings. The van der Waals surface area contributed by atoms with Gasteiger partial charge in [-0.2, -0.15) is 0 Å². The van der Waals surface area contributed by atoms with E-state index < -0.39 is 0 Å². The van der Waals surface area contributed by atoms with Gasteiger partial charge in [0.1, 0.15) is 5.65 Å². The van der Waals surface area contributed by atoms with Crippen LogP contribution in [0, 0.1) is 0 Å². The third kappa shape index (κ3) is 4.08. The zero-order chi connectivity index (χ0) is 21.2. The van der Waals surface area contributed by atoms with Gasteiger partial charge in [0.05, 0.1) is 11.4 Å². The molecule has 31 heavy (non-hydrogen) atoms. The van der Waals surface area contributed by atoms with Crippen molar-refractivity contribution in [1.29, 1.82) is 0 Å². The monoisotopic (exact) mass is 410 g/mol. The molecule has 0 saturated heterocycles.